The van der Waals surface area contributed by atoms with Gasteiger partial charge in [-0.2, -0.15) is 10.4 Å². The Kier molecular flexibility index (Phi) is 2.84. The predicted octanol–water partition coefficient (Wildman–Crippen LogP) is 1.75. The zero-order chi connectivity index (χ0) is 11.5. The molecule has 2 aromatic heterocycles. The molecular formula is C10H8ClN5. The molecule has 5 nitrogen and oxygen atoms in total. The van der Waals surface area contributed by atoms with Crippen molar-refractivity contribution in [3.8, 4) is 11.9 Å². The van der Waals surface area contributed by atoms with Crippen LogP contribution in [0.4, 0.5) is 0 Å². The van der Waals surface area contributed by atoms with Crippen LogP contribution in [0, 0.1) is 11.3 Å². The van der Waals surface area contributed by atoms with E-state index in [2.05, 4.69) is 15.1 Å². The molecule has 0 N–H and O–H groups in total. The fourth-order valence-electron chi connectivity index (χ4n) is 1.36. The summed E-state index contributed by atoms with van der Waals surface area (Å²) in [5, 5.41) is 13.5. The number of aromatic nitrogens is 4. The van der Waals surface area contributed by atoms with E-state index in [0.29, 0.717) is 23.5 Å². The predicted molar refractivity (Wildman–Crippen MR) is 58.3 cm³/mol. The summed E-state index contributed by atoms with van der Waals surface area (Å²) in [5.41, 5.74) is 1.08. The van der Waals surface area contributed by atoms with Gasteiger partial charge in [0.05, 0.1) is 5.69 Å². The molecule has 16 heavy (non-hydrogen) atoms. The van der Waals surface area contributed by atoms with Crippen molar-refractivity contribution in [2.45, 2.75) is 13.3 Å². The van der Waals surface area contributed by atoms with Crippen molar-refractivity contribution >= 4 is 11.6 Å². The topological polar surface area (TPSA) is 67.4 Å². The SMILES string of the molecule is CCc1nn(-c2ccncn2)c(Cl)c1C#N. The first-order valence-corrected chi connectivity index (χ1v) is 5.09. The van der Waals surface area contributed by atoms with Crippen LogP contribution in [-0.4, -0.2) is 19.7 Å². The molecule has 0 unspecified atom stereocenters. The number of hydrogen-bond acceptors (Lipinski definition) is 4. The lowest BCUT2D eigenvalue weighted by atomic mass is 10.2. The molecule has 0 aliphatic heterocycles. The van der Waals surface area contributed by atoms with Gasteiger partial charge in [0.2, 0.25) is 0 Å². The first-order valence-electron chi connectivity index (χ1n) is 4.71. The molecule has 0 aromatic carbocycles. The minimum atomic E-state index is 0.290. The molecule has 0 saturated heterocycles. The smallest absolute Gasteiger partial charge is 0.158 e. The molecule has 0 aliphatic rings. The van der Waals surface area contributed by atoms with Gasteiger partial charge in [0.15, 0.2) is 11.0 Å². The molecule has 0 radical (unpaired) electrons. The van der Waals surface area contributed by atoms with Crippen LogP contribution >= 0.6 is 11.6 Å². The highest BCUT2D eigenvalue weighted by Crippen LogP contribution is 2.22. The second kappa shape index (κ2) is 4.29. The third-order valence-corrected chi connectivity index (χ3v) is 2.48. The van der Waals surface area contributed by atoms with Crippen molar-refractivity contribution < 1.29 is 0 Å². The molecule has 6 heteroatoms. The second-order valence-corrected chi connectivity index (χ2v) is 3.42. The summed E-state index contributed by atoms with van der Waals surface area (Å²) in [6.07, 6.45) is 3.66. The Morgan fingerprint density at radius 1 is 1.56 bits per heavy atom. The van der Waals surface area contributed by atoms with Gasteiger partial charge >= 0.3 is 0 Å². The molecule has 0 fully saturated rings. The number of rotatable bonds is 2. The van der Waals surface area contributed by atoms with E-state index < -0.39 is 0 Å². The van der Waals surface area contributed by atoms with E-state index in [4.69, 9.17) is 16.9 Å². The molecule has 2 aromatic rings. The first-order chi connectivity index (χ1) is 7.77. The third-order valence-electron chi connectivity index (χ3n) is 2.13. The molecule has 0 amide bonds. The van der Waals surface area contributed by atoms with Crippen molar-refractivity contribution in [3.63, 3.8) is 0 Å². The molecular weight excluding hydrogens is 226 g/mol. The van der Waals surface area contributed by atoms with E-state index in [1.54, 1.807) is 12.3 Å². The van der Waals surface area contributed by atoms with Crippen LogP contribution in [-0.2, 0) is 6.42 Å². The van der Waals surface area contributed by atoms with Gasteiger partial charge in [-0.3, -0.25) is 0 Å². The van der Waals surface area contributed by atoms with Crippen molar-refractivity contribution in [3.05, 3.63) is 35.0 Å². The number of nitriles is 1. The average Bonchev–Trinajstić information content (AvgIpc) is 2.66. The molecule has 0 spiro atoms. The van der Waals surface area contributed by atoms with Crippen LogP contribution in [0.2, 0.25) is 5.15 Å². The van der Waals surface area contributed by atoms with Crippen molar-refractivity contribution in [1.82, 2.24) is 19.7 Å². The number of aryl methyl sites for hydroxylation is 1. The van der Waals surface area contributed by atoms with Crippen molar-refractivity contribution in [1.29, 1.82) is 5.26 Å². The summed E-state index contributed by atoms with van der Waals surface area (Å²) in [6, 6.07) is 3.73. The molecule has 0 bridgehead atoms. The molecule has 2 heterocycles. The minimum absolute atomic E-state index is 0.290. The van der Waals surface area contributed by atoms with Gasteiger partial charge in [0.25, 0.3) is 0 Å². The van der Waals surface area contributed by atoms with Crippen LogP contribution < -0.4 is 0 Å². The maximum atomic E-state index is 8.97. The van der Waals surface area contributed by atoms with Gasteiger partial charge < -0.3 is 0 Å². The zero-order valence-electron chi connectivity index (χ0n) is 8.55. The molecule has 0 atom stereocenters. The minimum Gasteiger partial charge on any atom is -0.245 e. The van der Waals surface area contributed by atoms with Gasteiger partial charge in [-0.1, -0.05) is 18.5 Å². The van der Waals surface area contributed by atoms with Gasteiger partial charge in [-0.05, 0) is 6.42 Å². The summed E-state index contributed by atoms with van der Waals surface area (Å²) in [7, 11) is 0. The highest BCUT2D eigenvalue weighted by Gasteiger charge is 2.16. The van der Waals surface area contributed by atoms with Crippen molar-refractivity contribution in [2.75, 3.05) is 0 Å². The third kappa shape index (κ3) is 1.64. The molecule has 80 valence electrons. The maximum absolute atomic E-state index is 8.97. The maximum Gasteiger partial charge on any atom is 0.158 e. The van der Waals surface area contributed by atoms with E-state index in [1.807, 2.05) is 13.0 Å². The van der Waals surface area contributed by atoms with Crippen LogP contribution in [0.15, 0.2) is 18.6 Å². The summed E-state index contributed by atoms with van der Waals surface area (Å²) in [5.74, 6) is 0.552. The van der Waals surface area contributed by atoms with Gasteiger partial charge in [0.1, 0.15) is 18.0 Å². The highest BCUT2D eigenvalue weighted by atomic mass is 35.5. The summed E-state index contributed by atoms with van der Waals surface area (Å²) < 4.78 is 1.45. The standard InChI is InChI=1S/C10H8ClN5/c1-2-8-7(5-12)10(11)16(15-8)9-3-4-13-6-14-9/h3-4,6H,2H2,1H3. The summed E-state index contributed by atoms with van der Waals surface area (Å²) in [6.45, 7) is 1.92. The fourth-order valence-corrected chi connectivity index (χ4v) is 1.63. The summed E-state index contributed by atoms with van der Waals surface area (Å²) in [4.78, 5) is 7.84. The number of nitrogens with zero attached hydrogens (tertiary/aromatic N) is 5. The lowest BCUT2D eigenvalue weighted by molar-refractivity contribution is 0.811. The van der Waals surface area contributed by atoms with Gasteiger partial charge in [0, 0.05) is 12.3 Å². The monoisotopic (exact) mass is 233 g/mol. The van der Waals surface area contributed by atoms with Crippen LogP contribution in [0.1, 0.15) is 18.2 Å². The van der Waals surface area contributed by atoms with E-state index >= 15 is 0 Å². The first kappa shape index (κ1) is 10.6. The Morgan fingerprint density at radius 2 is 2.38 bits per heavy atom. The Bertz CT molecular complexity index is 540. The Morgan fingerprint density at radius 3 is 2.88 bits per heavy atom. The second-order valence-electron chi connectivity index (χ2n) is 3.06. The fraction of sp³-hybridized carbons (Fsp3) is 0.200. The van der Waals surface area contributed by atoms with Crippen LogP contribution in [0.25, 0.3) is 5.82 Å². The number of halogens is 1. The van der Waals surface area contributed by atoms with E-state index in [0.717, 1.165) is 0 Å². The zero-order valence-corrected chi connectivity index (χ0v) is 9.31. The number of hydrogen-bond donors (Lipinski definition) is 0. The Labute approximate surface area is 97.3 Å². The van der Waals surface area contributed by atoms with Gasteiger partial charge in [-0.25, -0.2) is 14.6 Å². The van der Waals surface area contributed by atoms with Gasteiger partial charge in [-0.15, -0.1) is 0 Å². The largest absolute Gasteiger partial charge is 0.245 e. The average molecular weight is 234 g/mol. The quantitative estimate of drug-likeness (QED) is 0.793. The molecule has 0 aliphatic carbocycles. The van der Waals surface area contributed by atoms with Crippen LogP contribution in [0.3, 0.4) is 0 Å². The summed E-state index contributed by atoms with van der Waals surface area (Å²) >= 11 is 6.06. The molecule has 0 saturated carbocycles. The Hall–Kier alpha value is -1.93. The van der Waals surface area contributed by atoms with Crippen molar-refractivity contribution in [2.24, 2.45) is 0 Å². The Balaban J connectivity index is 2.60. The lowest BCUT2D eigenvalue weighted by Gasteiger charge is -1.99. The van der Waals surface area contributed by atoms with Crippen LogP contribution in [0.5, 0.6) is 0 Å². The van der Waals surface area contributed by atoms with E-state index in [1.165, 1.54) is 11.0 Å². The normalized spacial score (nSPS) is 10.1. The highest BCUT2D eigenvalue weighted by molar-refractivity contribution is 6.31. The van der Waals surface area contributed by atoms with E-state index in [9.17, 15) is 0 Å². The van der Waals surface area contributed by atoms with E-state index in [-0.39, 0.29) is 5.15 Å². The lowest BCUT2D eigenvalue weighted by Crippen LogP contribution is -2.00. The molecule has 2 rings (SSSR count).